The highest BCUT2D eigenvalue weighted by Gasteiger charge is 2.24. The zero-order valence-corrected chi connectivity index (χ0v) is 12.4. The van der Waals surface area contributed by atoms with Crippen LogP contribution in [0.5, 0.6) is 11.5 Å². The molecule has 110 valence electrons. The maximum absolute atomic E-state index is 11.6. The van der Waals surface area contributed by atoms with Gasteiger partial charge in [-0.1, -0.05) is 24.0 Å². The van der Waals surface area contributed by atoms with Crippen LogP contribution in [0.2, 0.25) is 0 Å². The normalized spacial score (nSPS) is 16.1. The van der Waals surface area contributed by atoms with Crippen LogP contribution in [0.3, 0.4) is 0 Å². The Bertz CT molecular complexity index is 672. The Balaban J connectivity index is 2.52. The van der Waals surface area contributed by atoms with Gasteiger partial charge in [-0.25, -0.2) is 0 Å². The average Bonchev–Trinajstić information content (AvgIpc) is 2.72. The molecule has 1 aliphatic rings. The summed E-state index contributed by atoms with van der Waals surface area (Å²) in [5, 5.41) is 23.4. The number of phenols is 1. The second-order valence-corrected chi connectivity index (χ2v) is 5.64. The van der Waals surface area contributed by atoms with Crippen LogP contribution in [0.4, 0.5) is 5.69 Å². The number of aromatic hydroxyl groups is 1. The third-order valence-electron chi connectivity index (χ3n) is 2.53. The summed E-state index contributed by atoms with van der Waals surface area (Å²) < 4.78 is 5.46. The summed E-state index contributed by atoms with van der Waals surface area (Å²) in [5.74, 6) is -0.681. The van der Waals surface area contributed by atoms with E-state index in [0.29, 0.717) is 4.32 Å². The molecule has 0 aliphatic carbocycles. The largest absolute Gasteiger partial charge is 0.504 e. The summed E-state index contributed by atoms with van der Waals surface area (Å²) >= 11 is 5.87. The molecule has 7 nitrogen and oxygen atoms in total. The molecule has 0 aromatic heterocycles. The lowest BCUT2D eigenvalue weighted by Crippen LogP contribution is -2.17. The van der Waals surface area contributed by atoms with E-state index in [-0.39, 0.29) is 34.3 Å². The van der Waals surface area contributed by atoms with E-state index in [1.807, 2.05) is 0 Å². The summed E-state index contributed by atoms with van der Waals surface area (Å²) in [4.78, 5) is 22.2. The van der Waals surface area contributed by atoms with E-state index in [2.05, 4.69) is 5.32 Å². The predicted octanol–water partition coefficient (Wildman–Crippen LogP) is 2.19. The molecule has 1 heterocycles. The third-order valence-corrected chi connectivity index (χ3v) is 3.69. The van der Waals surface area contributed by atoms with Crippen molar-refractivity contribution < 1.29 is 19.6 Å². The highest BCUT2D eigenvalue weighted by molar-refractivity contribution is 8.26. The van der Waals surface area contributed by atoms with Crippen molar-refractivity contribution in [1.29, 1.82) is 0 Å². The lowest BCUT2D eigenvalue weighted by atomic mass is 10.1. The van der Waals surface area contributed by atoms with Crippen LogP contribution in [0.15, 0.2) is 17.0 Å². The minimum atomic E-state index is -0.601. The Morgan fingerprint density at radius 1 is 1.57 bits per heavy atom. The molecule has 0 atom stereocenters. The molecule has 2 rings (SSSR count). The van der Waals surface area contributed by atoms with Gasteiger partial charge in [-0.05, 0) is 13.0 Å². The number of carbonyl (C=O) groups excluding carboxylic acids is 1. The van der Waals surface area contributed by atoms with Crippen molar-refractivity contribution in [2.75, 3.05) is 6.61 Å². The molecule has 2 N–H and O–H groups in total. The first-order chi connectivity index (χ1) is 9.92. The van der Waals surface area contributed by atoms with Crippen LogP contribution < -0.4 is 10.1 Å². The second-order valence-electron chi connectivity index (χ2n) is 3.92. The molecule has 1 fully saturated rings. The number of nitro benzene ring substituents is 1. The van der Waals surface area contributed by atoms with Gasteiger partial charge in [0.15, 0.2) is 11.5 Å². The molecule has 0 radical (unpaired) electrons. The number of nitro groups is 1. The van der Waals surface area contributed by atoms with E-state index in [1.54, 1.807) is 6.92 Å². The van der Waals surface area contributed by atoms with Gasteiger partial charge >= 0.3 is 0 Å². The molecule has 1 aromatic carbocycles. The Morgan fingerprint density at radius 2 is 2.29 bits per heavy atom. The first-order valence-electron chi connectivity index (χ1n) is 5.81. The van der Waals surface area contributed by atoms with E-state index in [1.165, 1.54) is 12.1 Å². The van der Waals surface area contributed by atoms with Crippen LogP contribution in [-0.2, 0) is 4.79 Å². The van der Waals surface area contributed by atoms with Gasteiger partial charge in [0.1, 0.15) is 4.32 Å². The summed E-state index contributed by atoms with van der Waals surface area (Å²) in [6.45, 7) is 1.93. The van der Waals surface area contributed by atoms with Crippen LogP contribution in [-0.4, -0.2) is 26.9 Å². The van der Waals surface area contributed by atoms with E-state index in [0.717, 1.165) is 17.8 Å². The van der Waals surface area contributed by atoms with Crippen molar-refractivity contribution in [3.63, 3.8) is 0 Å². The standard InChI is InChI=1S/C12H10N2O5S2/c1-2-19-8-5-7(14(17)18)3-6(10(8)15)4-9-11(16)13-12(20)21-9/h3-5,15H,2H2,1H3,(H,13,16,20)/b9-4+. The summed E-state index contributed by atoms with van der Waals surface area (Å²) in [7, 11) is 0. The van der Waals surface area contributed by atoms with Gasteiger partial charge in [0, 0.05) is 11.6 Å². The van der Waals surface area contributed by atoms with Crippen LogP contribution in [0.25, 0.3) is 6.08 Å². The molecule has 0 unspecified atom stereocenters. The number of phenolic OH excluding ortho intramolecular Hbond substituents is 1. The van der Waals surface area contributed by atoms with Crippen LogP contribution >= 0.6 is 24.0 Å². The van der Waals surface area contributed by atoms with E-state index in [9.17, 15) is 20.0 Å². The summed E-state index contributed by atoms with van der Waals surface area (Å²) in [5.41, 5.74) is -0.121. The fourth-order valence-corrected chi connectivity index (χ4v) is 2.69. The third kappa shape index (κ3) is 3.31. The fourth-order valence-electron chi connectivity index (χ4n) is 1.66. The number of amides is 1. The first-order valence-corrected chi connectivity index (χ1v) is 7.04. The van der Waals surface area contributed by atoms with Crippen molar-refractivity contribution in [2.24, 2.45) is 0 Å². The molecule has 0 bridgehead atoms. The van der Waals surface area contributed by atoms with Crippen LogP contribution in [0.1, 0.15) is 12.5 Å². The van der Waals surface area contributed by atoms with Crippen molar-refractivity contribution in [3.05, 3.63) is 32.7 Å². The molecular weight excluding hydrogens is 316 g/mol. The average molecular weight is 326 g/mol. The smallest absolute Gasteiger partial charge is 0.274 e. The number of nitrogens with one attached hydrogen (secondary N) is 1. The first kappa shape index (κ1) is 15.3. The zero-order valence-electron chi connectivity index (χ0n) is 10.8. The molecule has 0 saturated carbocycles. The fraction of sp³-hybridized carbons (Fsp3) is 0.167. The maximum atomic E-state index is 11.6. The second kappa shape index (κ2) is 6.10. The minimum Gasteiger partial charge on any atom is -0.504 e. The number of non-ortho nitro benzene ring substituents is 1. The van der Waals surface area contributed by atoms with Crippen molar-refractivity contribution >= 4 is 46.0 Å². The molecular formula is C12H10N2O5S2. The van der Waals surface area contributed by atoms with E-state index >= 15 is 0 Å². The van der Waals surface area contributed by atoms with Gasteiger partial charge in [0.05, 0.1) is 22.5 Å². The Hall–Kier alpha value is -2.13. The number of rotatable bonds is 4. The number of nitrogens with zero attached hydrogens (tertiary/aromatic N) is 1. The summed E-state index contributed by atoms with van der Waals surface area (Å²) in [6.07, 6.45) is 1.34. The van der Waals surface area contributed by atoms with Gasteiger partial charge < -0.3 is 15.2 Å². The van der Waals surface area contributed by atoms with Gasteiger partial charge in [-0.2, -0.15) is 0 Å². The van der Waals surface area contributed by atoms with Crippen molar-refractivity contribution in [1.82, 2.24) is 5.32 Å². The highest BCUT2D eigenvalue weighted by atomic mass is 32.2. The van der Waals surface area contributed by atoms with Gasteiger partial charge in [-0.3, -0.25) is 14.9 Å². The number of hydrogen-bond donors (Lipinski definition) is 2. The number of thioether (sulfide) groups is 1. The molecule has 21 heavy (non-hydrogen) atoms. The van der Waals surface area contributed by atoms with Gasteiger partial charge in [0.2, 0.25) is 0 Å². The molecule has 1 saturated heterocycles. The van der Waals surface area contributed by atoms with Gasteiger partial charge in [-0.15, -0.1) is 0 Å². The summed E-state index contributed by atoms with van der Waals surface area (Å²) in [6, 6.07) is 2.30. The number of hydrogen-bond acceptors (Lipinski definition) is 7. The van der Waals surface area contributed by atoms with E-state index < -0.39 is 10.8 Å². The monoisotopic (exact) mass is 326 g/mol. The lowest BCUT2D eigenvalue weighted by molar-refractivity contribution is -0.385. The molecule has 9 heteroatoms. The number of ether oxygens (including phenoxy) is 1. The van der Waals surface area contributed by atoms with Crippen LogP contribution in [0, 0.1) is 10.1 Å². The molecule has 1 amide bonds. The topological polar surface area (TPSA) is 102 Å². The van der Waals surface area contributed by atoms with Gasteiger partial charge in [0.25, 0.3) is 11.6 Å². The molecule has 1 aliphatic heterocycles. The zero-order chi connectivity index (χ0) is 15.6. The quantitative estimate of drug-likeness (QED) is 0.378. The maximum Gasteiger partial charge on any atom is 0.274 e. The predicted molar refractivity (Wildman–Crippen MR) is 82.2 cm³/mol. The van der Waals surface area contributed by atoms with Crippen molar-refractivity contribution in [2.45, 2.75) is 6.92 Å². The Morgan fingerprint density at radius 3 is 2.81 bits per heavy atom. The molecule has 0 spiro atoms. The van der Waals surface area contributed by atoms with Crippen molar-refractivity contribution in [3.8, 4) is 11.5 Å². The highest BCUT2D eigenvalue weighted by Crippen LogP contribution is 2.37. The minimum absolute atomic E-state index is 0.00969. The SMILES string of the molecule is CCOc1cc([N+](=O)[O-])cc(/C=C2/SC(=S)NC2=O)c1O. The Labute approximate surface area is 129 Å². The van der Waals surface area contributed by atoms with E-state index in [4.69, 9.17) is 17.0 Å². The molecule has 1 aromatic rings. The number of carbonyl (C=O) groups is 1. The lowest BCUT2D eigenvalue weighted by Gasteiger charge is -2.08. The number of thiocarbonyl (C=S) groups is 1. The number of benzene rings is 1. The Kier molecular flexibility index (Phi) is 4.43.